The molecule has 3 N–H and O–H groups in total. The molecular formula is C21H34N2O5. The van der Waals surface area contributed by atoms with Gasteiger partial charge in [-0.05, 0) is 44.4 Å². The maximum Gasteiger partial charge on any atom is 0.326 e. The van der Waals surface area contributed by atoms with Crippen molar-refractivity contribution in [3.8, 4) is 0 Å². The first-order valence-electron chi connectivity index (χ1n) is 10.2. The molecule has 1 fully saturated rings. The molecule has 0 aliphatic heterocycles. The van der Waals surface area contributed by atoms with Crippen LogP contribution in [-0.2, 0) is 19.2 Å². The summed E-state index contributed by atoms with van der Waals surface area (Å²) in [6.07, 6.45) is 7.27. The summed E-state index contributed by atoms with van der Waals surface area (Å²) in [5, 5.41) is 14.3. The molecule has 4 atom stereocenters. The number of allylic oxidation sites excluding steroid dienone is 2. The molecule has 2 amide bonds. The molecule has 0 aromatic heterocycles. The van der Waals surface area contributed by atoms with Gasteiger partial charge in [0.1, 0.15) is 17.9 Å². The van der Waals surface area contributed by atoms with Crippen molar-refractivity contribution >= 4 is 23.6 Å². The zero-order chi connectivity index (χ0) is 21.3. The fourth-order valence-electron chi connectivity index (χ4n) is 3.55. The van der Waals surface area contributed by atoms with Crippen molar-refractivity contribution in [2.75, 3.05) is 0 Å². The largest absolute Gasteiger partial charge is 0.480 e. The smallest absolute Gasteiger partial charge is 0.326 e. The lowest BCUT2D eigenvalue weighted by Crippen LogP contribution is -2.50. The molecule has 0 spiro atoms. The first-order valence-corrected chi connectivity index (χ1v) is 10.2. The van der Waals surface area contributed by atoms with Gasteiger partial charge in [0, 0.05) is 18.8 Å². The van der Waals surface area contributed by atoms with Crippen LogP contribution in [0.25, 0.3) is 0 Å². The maximum atomic E-state index is 12.4. The van der Waals surface area contributed by atoms with E-state index in [1.54, 1.807) is 0 Å². The number of hydrogen-bond donors (Lipinski definition) is 3. The molecule has 0 radical (unpaired) electrons. The average Bonchev–Trinajstić information content (AvgIpc) is 2.93. The summed E-state index contributed by atoms with van der Waals surface area (Å²) in [5.41, 5.74) is 0. The van der Waals surface area contributed by atoms with Crippen molar-refractivity contribution in [3.05, 3.63) is 12.2 Å². The number of aliphatic carboxylic acids is 1. The van der Waals surface area contributed by atoms with E-state index >= 15 is 0 Å². The van der Waals surface area contributed by atoms with Crippen LogP contribution in [0.4, 0.5) is 0 Å². The predicted octanol–water partition coefficient (Wildman–Crippen LogP) is 2.45. The van der Waals surface area contributed by atoms with E-state index < -0.39 is 24.0 Å². The number of hydrogen-bond acceptors (Lipinski definition) is 4. The van der Waals surface area contributed by atoms with Crippen LogP contribution in [0.1, 0.15) is 66.2 Å². The van der Waals surface area contributed by atoms with Gasteiger partial charge in [0.25, 0.3) is 0 Å². The van der Waals surface area contributed by atoms with Crippen molar-refractivity contribution in [1.29, 1.82) is 0 Å². The number of amides is 2. The van der Waals surface area contributed by atoms with Crippen LogP contribution in [0, 0.1) is 17.8 Å². The quantitative estimate of drug-likeness (QED) is 0.466. The molecule has 0 aromatic rings. The molecule has 0 bridgehead atoms. The number of rotatable bonds is 11. The van der Waals surface area contributed by atoms with Crippen LogP contribution in [0.15, 0.2) is 12.2 Å². The minimum Gasteiger partial charge on any atom is -0.480 e. The number of ketones is 1. The first kappa shape index (κ1) is 23.9. The fraction of sp³-hybridized carbons (Fsp3) is 0.714. The summed E-state index contributed by atoms with van der Waals surface area (Å²) >= 11 is 0. The lowest BCUT2D eigenvalue weighted by molar-refractivity contribution is -0.142. The Morgan fingerprint density at radius 1 is 1.18 bits per heavy atom. The highest BCUT2D eigenvalue weighted by molar-refractivity contribution is 5.90. The minimum absolute atomic E-state index is 0.0167. The summed E-state index contributed by atoms with van der Waals surface area (Å²) in [6.45, 7) is 7.31. The molecule has 1 aliphatic rings. The lowest BCUT2D eigenvalue weighted by atomic mass is 9.89. The number of Topliss-reactive ketones (excluding diaryl/α,β-unsaturated/α-hetero) is 1. The van der Waals surface area contributed by atoms with Crippen molar-refractivity contribution < 1.29 is 24.3 Å². The molecule has 0 saturated heterocycles. The molecular weight excluding hydrogens is 360 g/mol. The van der Waals surface area contributed by atoms with Gasteiger partial charge in [-0.1, -0.05) is 32.9 Å². The van der Waals surface area contributed by atoms with Gasteiger partial charge in [0.05, 0.1) is 0 Å². The van der Waals surface area contributed by atoms with E-state index in [4.69, 9.17) is 0 Å². The van der Waals surface area contributed by atoms with Gasteiger partial charge < -0.3 is 15.7 Å². The summed E-state index contributed by atoms with van der Waals surface area (Å²) < 4.78 is 0. The Labute approximate surface area is 167 Å². The molecule has 1 saturated carbocycles. The van der Waals surface area contributed by atoms with E-state index in [-0.39, 0.29) is 35.9 Å². The summed E-state index contributed by atoms with van der Waals surface area (Å²) in [5.74, 6) is -1.74. The maximum absolute atomic E-state index is 12.4. The minimum atomic E-state index is -1.09. The predicted molar refractivity (Wildman–Crippen MR) is 107 cm³/mol. The molecule has 7 nitrogen and oxygen atoms in total. The number of carboxylic acid groups (broad SMARTS) is 1. The SMILES string of the molecule is CC/C=C\C[C@H]1C(=O)CC[C@@H]1CC(=O)N[C@H](C)C(=O)N[C@@H](CC(C)C)C(=O)O. The Hall–Kier alpha value is -2.18. The molecule has 7 heteroatoms. The number of carbonyl (C=O) groups excluding carboxylic acids is 3. The van der Waals surface area contributed by atoms with Gasteiger partial charge in [-0.3, -0.25) is 14.4 Å². The Kier molecular flexibility index (Phi) is 9.90. The van der Waals surface area contributed by atoms with Crippen LogP contribution in [0.5, 0.6) is 0 Å². The van der Waals surface area contributed by atoms with Gasteiger partial charge in [0.2, 0.25) is 11.8 Å². The third-order valence-corrected chi connectivity index (χ3v) is 5.08. The standard InChI is InChI=1S/C21H34N2O5/c1-5-6-7-8-16-15(9-10-18(16)24)12-19(25)22-14(4)20(26)23-17(21(27)28)11-13(2)3/h6-7,13-17H,5,8-12H2,1-4H3,(H,22,25)(H,23,26)(H,27,28)/b7-6-/t14-,15-,16-,17+/m1/s1. The summed E-state index contributed by atoms with van der Waals surface area (Å²) in [4.78, 5) is 48.0. The number of nitrogens with one attached hydrogen (secondary N) is 2. The highest BCUT2D eigenvalue weighted by atomic mass is 16.4. The summed E-state index contributed by atoms with van der Waals surface area (Å²) in [7, 11) is 0. The van der Waals surface area contributed by atoms with Gasteiger partial charge in [-0.25, -0.2) is 4.79 Å². The molecule has 1 rings (SSSR count). The highest BCUT2D eigenvalue weighted by Gasteiger charge is 2.35. The van der Waals surface area contributed by atoms with Crippen LogP contribution in [-0.4, -0.2) is 40.8 Å². The number of carboxylic acids is 1. The van der Waals surface area contributed by atoms with Crippen molar-refractivity contribution in [1.82, 2.24) is 10.6 Å². The molecule has 0 unspecified atom stereocenters. The molecule has 0 heterocycles. The van der Waals surface area contributed by atoms with E-state index in [9.17, 15) is 24.3 Å². The Morgan fingerprint density at radius 2 is 1.86 bits per heavy atom. The first-order chi connectivity index (χ1) is 13.1. The second-order valence-corrected chi connectivity index (χ2v) is 8.01. The van der Waals surface area contributed by atoms with Crippen LogP contribution in [0.2, 0.25) is 0 Å². The van der Waals surface area contributed by atoms with E-state index in [0.29, 0.717) is 25.7 Å². The molecule has 28 heavy (non-hydrogen) atoms. The Morgan fingerprint density at radius 3 is 2.43 bits per heavy atom. The molecule has 1 aliphatic carbocycles. The van der Waals surface area contributed by atoms with E-state index in [1.807, 2.05) is 32.9 Å². The van der Waals surface area contributed by atoms with Crippen LogP contribution < -0.4 is 10.6 Å². The Bertz CT molecular complexity index is 600. The van der Waals surface area contributed by atoms with Crippen LogP contribution in [0.3, 0.4) is 0 Å². The third kappa shape index (κ3) is 7.82. The van der Waals surface area contributed by atoms with Gasteiger partial charge >= 0.3 is 5.97 Å². The van der Waals surface area contributed by atoms with E-state index in [1.165, 1.54) is 6.92 Å². The normalized spacial score (nSPS) is 21.7. The monoisotopic (exact) mass is 394 g/mol. The third-order valence-electron chi connectivity index (χ3n) is 5.08. The summed E-state index contributed by atoms with van der Waals surface area (Å²) in [6, 6.07) is -1.81. The average molecular weight is 395 g/mol. The Balaban J connectivity index is 2.56. The van der Waals surface area contributed by atoms with Gasteiger partial charge in [-0.15, -0.1) is 0 Å². The lowest BCUT2D eigenvalue weighted by Gasteiger charge is -2.21. The zero-order valence-corrected chi connectivity index (χ0v) is 17.4. The van der Waals surface area contributed by atoms with E-state index in [0.717, 1.165) is 6.42 Å². The second-order valence-electron chi connectivity index (χ2n) is 8.01. The van der Waals surface area contributed by atoms with Crippen LogP contribution >= 0.6 is 0 Å². The molecule has 158 valence electrons. The number of carbonyl (C=O) groups is 4. The van der Waals surface area contributed by atoms with E-state index in [2.05, 4.69) is 10.6 Å². The van der Waals surface area contributed by atoms with Gasteiger partial charge in [-0.2, -0.15) is 0 Å². The second kappa shape index (κ2) is 11.6. The van der Waals surface area contributed by atoms with Crippen molar-refractivity contribution in [2.45, 2.75) is 78.3 Å². The van der Waals surface area contributed by atoms with Crippen molar-refractivity contribution in [3.63, 3.8) is 0 Å². The van der Waals surface area contributed by atoms with Crippen molar-refractivity contribution in [2.24, 2.45) is 17.8 Å². The highest BCUT2D eigenvalue weighted by Crippen LogP contribution is 2.34. The topological polar surface area (TPSA) is 113 Å². The zero-order valence-electron chi connectivity index (χ0n) is 17.4. The molecule has 0 aromatic carbocycles. The fourth-order valence-corrected chi connectivity index (χ4v) is 3.55. The van der Waals surface area contributed by atoms with Gasteiger partial charge in [0.15, 0.2) is 0 Å².